The largest absolute Gasteiger partial charge is 0.480 e. The maximum absolute atomic E-state index is 10.1. The van der Waals surface area contributed by atoms with Crippen molar-refractivity contribution >= 4 is 5.97 Å². The zero-order valence-corrected chi connectivity index (χ0v) is 5.50. The Morgan fingerprint density at radius 3 is 2.67 bits per heavy atom. The third-order valence-corrected chi connectivity index (χ3v) is 1.55. The van der Waals surface area contributed by atoms with Gasteiger partial charge in [0.2, 0.25) is 0 Å². The van der Waals surface area contributed by atoms with Gasteiger partial charge in [0.05, 0.1) is 6.54 Å². The molecule has 0 saturated heterocycles. The Hall–Kier alpha value is -0.570. The van der Waals surface area contributed by atoms with Crippen LogP contribution < -0.4 is 0 Å². The van der Waals surface area contributed by atoms with Gasteiger partial charge in [0.15, 0.2) is 0 Å². The van der Waals surface area contributed by atoms with Crippen LogP contribution in [-0.4, -0.2) is 35.6 Å². The predicted molar refractivity (Wildman–Crippen MR) is 33.3 cm³/mol. The van der Waals surface area contributed by atoms with Crippen LogP contribution in [0.2, 0.25) is 0 Å². The molecule has 1 aliphatic carbocycles. The second kappa shape index (κ2) is 2.35. The summed E-state index contributed by atoms with van der Waals surface area (Å²) in [7, 11) is 1.85. The van der Waals surface area contributed by atoms with Crippen LogP contribution in [0.15, 0.2) is 0 Å². The topological polar surface area (TPSA) is 40.5 Å². The third kappa shape index (κ3) is 2.01. The number of rotatable bonds is 3. The molecule has 0 heterocycles. The molecule has 0 aromatic heterocycles. The molecule has 1 saturated carbocycles. The van der Waals surface area contributed by atoms with Crippen molar-refractivity contribution in [1.82, 2.24) is 4.90 Å². The average molecular weight is 129 g/mol. The van der Waals surface area contributed by atoms with E-state index in [4.69, 9.17) is 5.11 Å². The summed E-state index contributed by atoms with van der Waals surface area (Å²) in [6.45, 7) is 0.185. The lowest BCUT2D eigenvalue weighted by atomic mass is 10.5. The highest BCUT2D eigenvalue weighted by molar-refractivity contribution is 5.69. The standard InChI is InChI=1S/C6H11NO2/c1-7(4-6(8)9)5-2-3-5/h5H,2-4H2,1H3,(H,8,9). The number of likely N-dealkylation sites (N-methyl/N-ethyl adjacent to an activating group) is 1. The van der Waals surface area contributed by atoms with Crippen LogP contribution in [-0.2, 0) is 4.79 Å². The van der Waals surface area contributed by atoms with E-state index in [1.165, 1.54) is 12.8 Å². The molecule has 0 aliphatic heterocycles. The highest BCUT2D eigenvalue weighted by Crippen LogP contribution is 2.24. The number of carboxylic acid groups (broad SMARTS) is 1. The van der Waals surface area contributed by atoms with Crippen LogP contribution >= 0.6 is 0 Å². The minimum Gasteiger partial charge on any atom is -0.480 e. The van der Waals surface area contributed by atoms with Crippen molar-refractivity contribution in [3.8, 4) is 0 Å². The molecule has 0 amide bonds. The zero-order chi connectivity index (χ0) is 6.85. The van der Waals surface area contributed by atoms with Gasteiger partial charge in [-0.1, -0.05) is 0 Å². The van der Waals surface area contributed by atoms with Gasteiger partial charge in [-0.25, -0.2) is 0 Å². The van der Waals surface area contributed by atoms with Gasteiger partial charge < -0.3 is 5.11 Å². The fourth-order valence-electron chi connectivity index (χ4n) is 0.858. The second-order valence-corrected chi connectivity index (χ2v) is 2.54. The Balaban J connectivity index is 2.17. The first-order valence-corrected chi connectivity index (χ1v) is 3.12. The monoisotopic (exact) mass is 129 g/mol. The second-order valence-electron chi connectivity index (χ2n) is 2.54. The molecule has 0 spiro atoms. The maximum atomic E-state index is 10.1. The Morgan fingerprint density at radius 2 is 2.33 bits per heavy atom. The lowest BCUT2D eigenvalue weighted by molar-refractivity contribution is -0.138. The Kier molecular flexibility index (Phi) is 1.71. The van der Waals surface area contributed by atoms with Crippen LogP contribution in [0, 0.1) is 0 Å². The molecule has 1 aliphatic rings. The third-order valence-electron chi connectivity index (χ3n) is 1.55. The highest BCUT2D eigenvalue weighted by atomic mass is 16.4. The molecule has 1 N–H and O–H groups in total. The van der Waals surface area contributed by atoms with E-state index in [1.807, 2.05) is 11.9 Å². The van der Waals surface area contributed by atoms with Crippen LogP contribution in [0.3, 0.4) is 0 Å². The number of carbonyl (C=O) groups is 1. The summed E-state index contributed by atoms with van der Waals surface area (Å²) in [5.41, 5.74) is 0. The lowest BCUT2D eigenvalue weighted by Crippen LogP contribution is -2.27. The molecule has 52 valence electrons. The lowest BCUT2D eigenvalue weighted by Gasteiger charge is -2.10. The van der Waals surface area contributed by atoms with E-state index in [1.54, 1.807) is 0 Å². The van der Waals surface area contributed by atoms with Crippen LogP contribution in [0.1, 0.15) is 12.8 Å². The molecule has 0 aromatic rings. The number of aliphatic carboxylic acids is 1. The summed E-state index contributed by atoms with van der Waals surface area (Å²) in [4.78, 5) is 12.0. The predicted octanol–water partition coefficient (Wildman–Crippen LogP) is 0.165. The number of nitrogens with zero attached hydrogens (tertiary/aromatic N) is 1. The molecule has 0 aromatic carbocycles. The summed E-state index contributed by atoms with van der Waals surface area (Å²) < 4.78 is 0. The van der Waals surface area contributed by atoms with Gasteiger partial charge in [-0.3, -0.25) is 9.69 Å². The Labute approximate surface area is 54.3 Å². The molecular weight excluding hydrogens is 118 g/mol. The van der Waals surface area contributed by atoms with E-state index in [0.29, 0.717) is 6.04 Å². The van der Waals surface area contributed by atoms with Gasteiger partial charge in [-0.05, 0) is 19.9 Å². The summed E-state index contributed by atoms with van der Waals surface area (Å²) in [6.07, 6.45) is 2.34. The SMILES string of the molecule is CN(CC(=O)O)C1CC1. The fourth-order valence-corrected chi connectivity index (χ4v) is 0.858. The van der Waals surface area contributed by atoms with Crippen molar-refractivity contribution in [3.05, 3.63) is 0 Å². The van der Waals surface area contributed by atoms with Crippen molar-refractivity contribution in [1.29, 1.82) is 0 Å². The van der Waals surface area contributed by atoms with Crippen LogP contribution in [0.25, 0.3) is 0 Å². The summed E-state index contributed by atoms with van der Waals surface area (Å²) >= 11 is 0. The van der Waals surface area contributed by atoms with Crippen molar-refractivity contribution in [2.45, 2.75) is 18.9 Å². The van der Waals surface area contributed by atoms with Crippen molar-refractivity contribution in [3.63, 3.8) is 0 Å². The van der Waals surface area contributed by atoms with Gasteiger partial charge in [-0.2, -0.15) is 0 Å². The first-order chi connectivity index (χ1) is 4.20. The smallest absolute Gasteiger partial charge is 0.317 e. The van der Waals surface area contributed by atoms with Crippen LogP contribution in [0.4, 0.5) is 0 Å². The van der Waals surface area contributed by atoms with E-state index < -0.39 is 5.97 Å². The van der Waals surface area contributed by atoms with E-state index in [0.717, 1.165) is 0 Å². The van der Waals surface area contributed by atoms with Crippen molar-refractivity contribution in [2.75, 3.05) is 13.6 Å². The molecular formula is C6H11NO2. The van der Waals surface area contributed by atoms with Crippen LogP contribution in [0.5, 0.6) is 0 Å². The van der Waals surface area contributed by atoms with Gasteiger partial charge >= 0.3 is 5.97 Å². The van der Waals surface area contributed by atoms with Gasteiger partial charge in [0, 0.05) is 6.04 Å². The van der Waals surface area contributed by atoms with E-state index in [9.17, 15) is 4.79 Å². The Bertz CT molecular complexity index is 120. The molecule has 3 heteroatoms. The number of hydrogen-bond donors (Lipinski definition) is 1. The first kappa shape index (κ1) is 6.55. The van der Waals surface area contributed by atoms with Gasteiger partial charge in [0.1, 0.15) is 0 Å². The number of carboxylic acids is 1. The minimum atomic E-state index is -0.732. The zero-order valence-electron chi connectivity index (χ0n) is 5.50. The minimum absolute atomic E-state index is 0.185. The normalized spacial score (nSPS) is 18.4. The van der Waals surface area contributed by atoms with Gasteiger partial charge in [-0.15, -0.1) is 0 Å². The molecule has 0 atom stereocenters. The van der Waals surface area contributed by atoms with E-state index in [-0.39, 0.29) is 6.54 Å². The first-order valence-electron chi connectivity index (χ1n) is 3.12. The van der Waals surface area contributed by atoms with E-state index >= 15 is 0 Å². The Morgan fingerprint density at radius 1 is 1.78 bits per heavy atom. The molecule has 0 unspecified atom stereocenters. The van der Waals surface area contributed by atoms with Crippen molar-refractivity contribution < 1.29 is 9.90 Å². The number of hydrogen-bond acceptors (Lipinski definition) is 2. The highest BCUT2D eigenvalue weighted by Gasteiger charge is 2.26. The fraction of sp³-hybridized carbons (Fsp3) is 0.833. The van der Waals surface area contributed by atoms with Gasteiger partial charge in [0.25, 0.3) is 0 Å². The summed E-state index contributed by atoms with van der Waals surface area (Å²) in [5, 5.41) is 8.32. The molecule has 1 fully saturated rings. The molecule has 9 heavy (non-hydrogen) atoms. The average Bonchev–Trinajstić information content (AvgIpc) is 2.40. The quantitative estimate of drug-likeness (QED) is 0.590. The summed E-state index contributed by atoms with van der Waals surface area (Å²) in [6, 6.07) is 0.557. The summed E-state index contributed by atoms with van der Waals surface area (Å²) in [5.74, 6) is -0.732. The van der Waals surface area contributed by atoms with E-state index in [2.05, 4.69) is 0 Å². The molecule has 1 rings (SSSR count). The molecule has 3 nitrogen and oxygen atoms in total. The molecule has 0 bridgehead atoms. The van der Waals surface area contributed by atoms with Crippen molar-refractivity contribution in [2.24, 2.45) is 0 Å². The molecule has 0 radical (unpaired) electrons. The maximum Gasteiger partial charge on any atom is 0.317 e.